The van der Waals surface area contributed by atoms with E-state index in [9.17, 15) is 9.59 Å². The molecule has 0 heterocycles. The van der Waals surface area contributed by atoms with E-state index in [4.69, 9.17) is 5.73 Å². The Morgan fingerprint density at radius 2 is 1.87 bits per heavy atom. The number of likely N-dealkylation sites (N-methyl/N-ethyl adjacent to an activating group) is 1. The van der Waals surface area contributed by atoms with Crippen LogP contribution in [0.2, 0.25) is 0 Å². The maximum absolute atomic E-state index is 11.7. The van der Waals surface area contributed by atoms with Gasteiger partial charge in [-0.25, -0.2) is 0 Å². The number of rotatable bonds is 8. The van der Waals surface area contributed by atoms with E-state index < -0.39 is 5.91 Å². The molecule has 0 aliphatic carbocycles. The molecule has 2 N–H and O–H groups in total. The number of Topliss-reactive ketones (excluding diaryl/α,β-unsaturated/α-hetero) is 1. The van der Waals surface area contributed by atoms with Crippen LogP contribution >= 0.6 is 12.6 Å². The van der Waals surface area contributed by atoms with Crippen LogP contribution in [0.3, 0.4) is 0 Å². The number of ketones is 1. The summed E-state index contributed by atoms with van der Waals surface area (Å²) in [6.07, 6.45) is 0.492. The van der Waals surface area contributed by atoms with Crippen LogP contribution in [0.4, 0.5) is 0 Å². The van der Waals surface area contributed by atoms with Gasteiger partial charge in [0.1, 0.15) is 0 Å². The van der Waals surface area contributed by atoms with Crippen LogP contribution < -0.4 is 5.73 Å². The lowest BCUT2D eigenvalue weighted by molar-refractivity contribution is -0.128. The smallest absolute Gasteiger partial charge is 0.219 e. The zero-order valence-corrected chi connectivity index (χ0v) is 10.3. The molecule has 0 aromatic heterocycles. The molecule has 0 aliphatic rings. The number of carbonyl (C=O) groups is 2. The summed E-state index contributed by atoms with van der Waals surface area (Å²) in [7, 11) is 0. The Kier molecular flexibility index (Phi) is 7.42. The molecule has 0 rings (SSSR count). The number of hydrogen-bond donors (Lipinski definition) is 2. The molecule has 5 heteroatoms. The topological polar surface area (TPSA) is 63.4 Å². The van der Waals surface area contributed by atoms with E-state index in [-0.39, 0.29) is 18.2 Å². The number of carbonyl (C=O) groups excluding carboxylic acids is 2. The molecule has 0 fully saturated rings. The quantitative estimate of drug-likeness (QED) is 0.598. The van der Waals surface area contributed by atoms with Gasteiger partial charge in [-0.3, -0.25) is 14.5 Å². The number of primary amides is 1. The van der Waals surface area contributed by atoms with Crippen molar-refractivity contribution in [2.24, 2.45) is 5.73 Å². The molecule has 0 saturated heterocycles. The molecule has 0 aromatic carbocycles. The van der Waals surface area contributed by atoms with Gasteiger partial charge in [0.15, 0.2) is 5.78 Å². The first-order valence-corrected chi connectivity index (χ1v) is 5.85. The SMILES string of the molecule is CCN(CC)[C@H](CC(N)=O)C(=O)CCS. The summed E-state index contributed by atoms with van der Waals surface area (Å²) in [5.74, 6) is 0.127. The molecule has 0 spiro atoms. The van der Waals surface area contributed by atoms with Gasteiger partial charge in [0.05, 0.1) is 6.04 Å². The number of nitrogens with zero attached hydrogens (tertiary/aromatic N) is 1. The van der Waals surface area contributed by atoms with Crippen molar-refractivity contribution in [3.63, 3.8) is 0 Å². The van der Waals surface area contributed by atoms with Crippen molar-refractivity contribution in [1.29, 1.82) is 0 Å². The van der Waals surface area contributed by atoms with Crippen molar-refractivity contribution in [2.45, 2.75) is 32.7 Å². The van der Waals surface area contributed by atoms with Gasteiger partial charge in [0.2, 0.25) is 5.91 Å². The zero-order chi connectivity index (χ0) is 11.8. The van der Waals surface area contributed by atoms with Gasteiger partial charge in [-0.2, -0.15) is 12.6 Å². The highest BCUT2D eigenvalue weighted by atomic mass is 32.1. The molecule has 15 heavy (non-hydrogen) atoms. The molecular formula is C10H20N2O2S. The standard InChI is InChI=1S/C10H20N2O2S/c1-3-12(4-2)8(7-10(11)14)9(13)5-6-15/h8,15H,3-7H2,1-2H3,(H2,11,14)/t8-/m1/s1. The summed E-state index contributed by atoms with van der Waals surface area (Å²) in [6, 6.07) is -0.371. The van der Waals surface area contributed by atoms with Gasteiger partial charge in [0.25, 0.3) is 0 Å². The normalized spacial score (nSPS) is 12.8. The minimum absolute atomic E-state index is 0.0486. The summed E-state index contributed by atoms with van der Waals surface area (Å²) >= 11 is 4.02. The second-order valence-electron chi connectivity index (χ2n) is 3.35. The fourth-order valence-corrected chi connectivity index (χ4v) is 1.80. The largest absolute Gasteiger partial charge is 0.370 e. The summed E-state index contributed by atoms with van der Waals surface area (Å²) in [5, 5.41) is 0. The van der Waals surface area contributed by atoms with Crippen LogP contribution in [0, 0.1) is 0 Å². The first-order chi connectivity index (χ1) is 7.06. The summed E-state index contributed by atoms with van der Waals surface area (Å²) in [6.45, 7) is 5.41. The Morgan fingerprint density at radius 1 is 1.33 bits per heavy atom. The number of thiol groups is 1. The van der Waals surface area contributed by atoms with Crippen LogP contribution in [0.25, 0.3) is 0 Å². The summed E-state index contributed by atoms with van der Waals surface area (Å²) in [5.41, 5.74) is 5.14. The first-order valence-electron chi connectivity index (χ1n) is 5.22. The molecular weight excluding hydrogens is 212 g/mol. The number of nitrogens with two attached hydrogens (primary N) is 1. The van der Waals surface area contributed by atoms with Gasteiger partial charge in [-0.1, -0.05) is 13.8 Å². The zero-order valence-electron chi connectivity index (χ0n) is 9.40. The summed E-state index contributed by atoms with van der Waals surface area (Å²) in [4.78, 5) is 24.6. The molecule has 0 bridgehead atoms. The second-order valence-corrected chi connectivity index (χ2v) is 3.79. The fraction of sp³-hybridized carbons (Fsp3) is 0.800. The van der Waals surface area contributed by atoms with E-state index in [0.29, 0.717) is 12.2 Å². The molecule has 0 saturated carbocycles. The maximum atomic E-state index is 11.7. The van der Waals surface area contributed by atoms with Gasteiger partial charge in [-0.05, 0) is 18.8 Å². The lowest BCUT2D eigenvalue weighted by Gasteiger charge is -2.27. The number of amides is 1. The highest BCUT2D eigenvalue weighted by Crippen LogP contribution is 2.08. The molecule has 0 radical (unpaired) electrons. The molecule has 0 unspecified atom stereocenters. The minimum Gasteiger partial charge on any atom is -0.370 e. The van der Waals surface area contributed by atoms with Crippen molar-refractivity contribution in [1.82, 2.24) is 4.90 Å². The van der Waals surface area contributed by atoms with Crippen LogP contribution in [-0.2, 0) is 9.59 Å². The van der Waals surface area contributed by atoms with E-state index in [1.54, 1.807) is 0 Å². The van der Waals surface area contributed by atoms with Crippen molar-refractivity contribution < 1.29 is 9.59 Å². The highest BCUT2D eigenvalue weighted by molar-refractivity contribution is 7.80. The molecule has 1 atom stereocenters. The fourth-order valence-electron chi connectivity index (χ4n) is 1.58. The van der Waals surface area contributed by atoms with Gasteiger partial charge >= 0.3 is 0 Å². The van der Waals surface area contributed by atoms with Gasteiger partial charge < -0.3 is 5.73 Å². The number of hydrogen-bond acceptors (Lipinski definition) is 4. The van der Waals surface area contributed by atoms with E-state index in [0.717, 1.165) is 13.1 Å². The Labute approximate surface area is 96.6 Å². The van der Waals surface area contributed by atoms with Crippen molar-refractivity contribution >= 4 is 24.3 Å². The maximum Gasteiger partial charge on any atom is 0.219 e. The molecule has 88 valence electrons. The van der Waals surface area contributed by atoms with Crippen LogP contribution in [0.1, 0.15) is 26.7 Å². The molecule has 1 amide bonds. The Morgan fingerprint density at radius 3 is 2.20 bits per heavy atom. The Hall–Kier alpha value is -0.550. The monoisotopic (exact) mass is 232 g/mol. The van der Waals surface area contributed by atoms with Crippen LogP contribution in [0.15, 0.2) is 0 Å². The van der Waals surface area contributed by atoms with E-state index in [1.807, 2.05) is 18.7 Å². The third kappa shape index (κ3) is 5.18. The molecule has 0 aliphatic heterocycles. The summed E-state index contributed by atoms with van der Waals surface area (Å²) < 4.78 is 0. The van der Waals surface area contributed by atoms with Crippen molar-refractivity contribution in [3.8, 4) is 0 Å². The molecule has 4 nitrogen and oxygen atoms in total. The predicted molar refractivity (Wildman–Crippen MR) is 64.0 cm³/mol. The first kappa shape index (κ1) is 14.5. The van der Waals surface area contributed by atoms with E-state index in [1.165, 1.54) is 0 Å². The average molecular weight is 232 g/mol. The van der Waals surface area contributed by atoms with E-state index >= 15 is 0 Å². The lowest BCUT2D eigenvalue weighted by atomic mass is 10.0. The predicted octanol–water partition coefficient (Wildman–Crippen LogP) is 0.461. The Bertz CT molecular complexity index is 217. The third-order valence-electron chi connectivity index (χ3n) is 2.38. The Balaban J connectivity index is 4.54. The van der Waals surface area contributed by atoms with Crippen LogP contribution in [-0.4, -0.2) is 41.5 Å². The van der Waals surface area contributed by atoms with Gasteiger partial charge in [-0.15, -0.1) is 0 Å². The molecule has 0 aromatic rings. The van der Waals surface area contributed by atoms with Crippen molar-refractivity contribution in [2.75, 3.05) is 18.8 Å². The minimum atomic E-state index is -0.431. The third-order valence-corrected chi connectivity index (χ3v) is 2.60. The van der Waals surface area contributed by atoms with Crippen LogP contribution in [0.5, 0.6) is 0 Å². The lowest BCUT2D eigenvalue weighted by Crippen LogP contribution is -2.43. The van der Waals surface area contributed by atoms with Crippen molar-refractivity contribution in [3.05, 3.63) is 0 Å². The van der Waals surface area contributed by atoms with Gasteiger partial charge in [0, 0.05) is 12.8 Å². The second kappa shape index (κ2) is 7.70. The van der Waals surface area contributed by atoms with E-state index in [2.05, 4.69) is 12.6 Å². The average Bonchev–Trinajstić information content (AvgIpc) is 2.18. The highest BCUT2D eigenvalue weighted by Gasteiger charge is 2.24.